The second-order valence-electron chi connectivity index (χ2n) is 4.00. The van der Waals surface area contributed by atoms with Gasteiger partial charge in [0, 0.05) is 18.8 Å². The molecule has 1 N–H and O–H groups in total. The topological polar surface area (TPSA) is 55.1 Å². The molecular formula is C10H14F2N2O2. The molecule has 0 fully saturated rings. The van der Waals surface area contributed by atoms with E-state index in [4.69, 9.17) is 5.11 Å². The van der Waals surface area contributed by atoms with Crippen LogP contribution >= 0.6 is 0 Å². The molecule has 0 bridgehead atoms. The zero-order valence-corrected chi connectivity index (χ0v) is 9.32. The summed E-state index contributed by atoms with van der Waals surface area (Å²) in [6.07, 6.45) is -1.41. The van der Waals surface area contributed by atoms with Gasteiger partial charge in [-0.2, -0.15) is 5.10 Å². The Morgan fingerprint density at radius 3 is 2.44 bits per heavy atom. The molecule has 16 heavy (non-hydrogen) atoms. The summed E-state index contributed by atoms with van der Waals surface area (Å²) in [6.45, 7) is 3.36. The third kappa shape index (κ3) is 2.37. The van der Waals surface area contributed by atoms with Gasteiger partial charge in [0.15, 0.2) is 0 Å². The number of halogens is 2. The van der Waals surface area contributed by atoms with Crippen molar-refractivity contribution in [1.29, 1.82) is 0 Å². The highest BCUT2D eigenvalue weighted by molar-refractivity contribution is 5.76. The lowest BCUT2D eigenvalue weighted by Gasteiger charge is -2.15. The number of carboxylic acids is 1. The number of carboxylic acid groups (broad SMARTS) is 1. The number of hydrogen-bond donors (Lipinski definition) is 1. The van der Waals surface area contributed by atoms with Crippen molar-refractivity contribution in [1.82, 2.24) is 9.78 Å². The van der Waals surface area contributed by atoms with Gasteiger partial charge in [0.1, 0.15) is 5.69 Å². The van der Waals surface area contributed by atoms with Gasteiger partial charge in [-0.3, -0.25) is 9.48 Å². The highest BCUT2D eigenvalue weighted by Gasteiger charge is 2.31. The minimum absolute atomic E-state index is 0.0972. The van der Waals surface area contributed by atoms with E-state index >= 15 is 0 Å². The first-order valence-corrected chi connectivity index (χ1v) is 4.89. The Hall–Kier alpha value is -1.46. The molecule has 0 saturated heterocycles. The average Bonchev–Trinajstić information content (AvgIpc) is 2.45. The molecule has 0 aromatic carbocycles. The molecule has 1 heterocycles. The standard InChI is InChI=1S/C10H14F2N2O2/c1-5(2)7(10(15)16)6-4-14(3)13-8(6)9(11)12/h4-5,7,9H,1-3H3,(H,15,16). The number of alkyl halides is 2. The summed E-state index contributed by atoms with van der Waals surface area (Å²) in [5.41, 5.74) is -0.344. The Balaban J connectivity index is 3.23. The Morgan fingerprint density at radius 2 is 2.06 bits per heavy atom. The van der Waals surface area contributed by atoms with Crippen LogP contribution in [0.5, 0.6) is 0 Å². The number of carbonyl (C=O) groups is 1. The van der Waals surface area contributed by atoms with E-state index in [1.165, 1.54) is 17.9 Å². The molecule has 1 aromatic heterocycles. The number of aromatic nitrogens is 2. The maximum atomic E-state index is 12.7. The van der Waals surface area contributed by atoms with Crippen molar-refractivity contribution >= 4 is 5.97 Å². The van der Waals surface area contributed by atoms with Crippen LogP contribution in [0.4, 0.5) is 8.78 Å². The van der Waals surface area contributed by atoms with E-state index in [-0.39, 0.29) is 11.5 Å². The number of hydrogen-bond acceptors (Lipinski definition) is 2. The maximum Gasteiger partial charge on any atom is 0.311 e. The molecule has 0 aliphatic rings. The van der Waals surface area contributed by atoms with E-state index in [1.54, 1.807) is 13.8 Å². The quantitative estimate of drug-likeness (QED) is 0.865. The van der Waals surface area contributed by atoms with E-state index in [9.17, 15) is 13.6 Å². The Bertz CT molecular complexity index is 388. The van der Waals surface area contributed by atoms with Crippen LogP contribution in [0.2, 0.25) is 0 Å². The maximum absolute atomic E-state index is 12.7. The van der Waals surface area contributed by atoms with Gasteiger partial charge in [-0.15, -0.1) is 0 Å². The summed E-state index contributed by atoms with van der Waals surface area (Å²) in [5.74, 6) is -2.32. The lowest BCUT2D eigenvalue weighted by atomic mass is 9.89. The number of nitrogens with zero attached hydrogens (tertiary/aromatic N) is 2. The Labute approximate surface area is 91.9 Å². The zero-order chi connectivity index (χ0) is 12.5. The number of aliphatic carboxylic acids is 1. The van der Waals surface area contributed by atoms with Crippen LogP contribution in [0.25, 0.3) is 0 Å². The van der Waals surface area contributed by atoms with Gasteiger partial charge < -0.3 is 5.11 Å². The largest absolute Gasteiger partial charge is 0.481 e. The van der Waals surface area contributed by atoms with Gasteiger partial charge in [-0.05, 0) is 5.92 Å². The van der Waals surface area contributed by atoms with Gasteiger partial charge in [-0.1, -0.05) is 13.8 Å². The van der Waals surface area contributed by atoms with E-state index in [1.807, 2.05) is 0 Å². The monoisotopic (exact) mass is 232 g/mol. The molecule has 0 aliphatic heterocycles. The fraction of sp³-hybridized carbons (Fsp3) is 0.600. The van der Waals surface area contributed by atoms with Crippen LogP contribution < -0.4 is 0 Å². The molecule has 1 rings (SSSR count). The van der Waals surface area contributed by atoms with E-state index in [2.05, 4.69) is 5.10 Å². The van der Waals surface area contributed by atoms with Gasteiger partial charge in [0.2, 0.25) is 0 Å². The van der Waals surface area contributed by atoms with Crippen molar-refractivity contribution < 1.29 is 18.7 Å². The second-order valence-corrected chi connectivity index (χ2v) is 4.00. The fourth-order valence-corrected chi connectivity index (χ4v) is 1.71. The summed E-state index contributed by atoms with van der Waals surface area (Å²) in [7, 11) is 1.49. The van der Waals surface area contributed by atoms with Crippen LogP contribution in [0.1, 0.15) is 37.4 Å². The molecular weight excluding hydrogens is 218 g/mol. The van der Waals surface area contributed by atoms with Crippen molar-refractivity contribution in [3.05, 3.63) is 17.5 Å². The van der Waals surface area contributed by atoms with Crippen LogP contribution in [-0.2, 0) is 11.8 Å². The Morgan fingerprint density at radius 1 is 1.50 bits per heavy atom. The summed E-state index contributed by atoms with van der Waals surface area (Å²) in [4.78, 5) is 11.0. The molecule has 1 aromatic rings. The van der Waals surface area contributed by atoms with Crippen molar-refractivity contribution in [2.24, 2.45) is 13.0 Å². The third-order valence-electron chi connectivity index (χ3n) is 2.36. The van der Waals surface area contributed by atoms with E-state index in [0.717, 1.165) is 0 Å². The Kier molecular flexibility index (Phi) is 3.62. The smallest absolute Gasteiger partial charge is 0.311 e. The molecule has 6 heteroatoms. The van der Waals surface area contributed by atoms with Crippen molar-refractivity contribution in [2.45, 2.75) is 26.2 Å². The van der Waals surface area contributed by atoms with Crippen LogP contribution in [0, 0.1) is 5.92 Å². The van der Waals surface area contributed by atoms with E-state index in [0.29, 0.717) is 0 Å². The molecule has 1 atom stereocenters. The first-order valence-electron chi connectivity index (χ1n) is 4.89. The van der Waals surface area contributed by atoms with Crippen LogP contribution in [-0.4, -0.2) is 20.9 Å². The SMILES string of the molecule is CC(C)C(C(=O)O)c1cn(C)nc1C(F)F. The summed E-state index contributed by atoms with van der Waals surface area (Å²) in [6, 6.07) is 0. The molecule has 0 amide bonds. The third-order valence-corrected chi connectivity index (χ3v) is 2.36. The predicted molar refractivity (Wildman–Crippen MR) is 53.4 cm³/mol. The summed E-state index contributed by atoms with van der Waals surface area (Å²) >= 11 is 0. The molecule has 4 nitrogen and oxygen atoms in total. The van der Waals surface area contributed by atoms with Gasteiger partial charge in [-0.25, -0.2) is 8.78 Å². The lowest BCUT2D eigenvalue weighted by Crippen LogP contribution is -2.18. The highest BCUT2D eigenvalue weighted by atomic mass is 19.3. The van der Waals surface area contributed by atoms with Crippen LogP contribution in [0.15, 0.2) is 6.20 Å². The zero-order valence-electron chi connectivity index (χ0n) is 9.32. The van der Waals surface area contributed by atoms with Gasteiger partial charge in [0.05, 0.1) is 5.92 Å². The van der Waals surface area contributed by atoms with Crippen molar-refractivity contribution in [2.75, 3.05) is 0 Å². The first kappa shape index (κ1) is 12.6. The predicted octanol–water partition coefficient (Wildman–Crippen LogP) is 2.18. The van der Waals surface area contributed by atoms with Gasteiger partial charge >= 0.3 is 5.97 Å². The first-order chi connectivity index (χ1) is 7.34. The number of rotatable bonds is 4. The lowest BCUT2D eigenvalue weighted by molar-refractivity contribution is -0.139. The molecule has 90 valence electrons. The van der Waals surface area contributed by atoms with Gasteiger partial charge in [0.25, 0.3) is 6.43 Å². The molecule has 0 spiro atoms. The average molecular weight is 232 g/mol. The normalized spacial score (nSPS) is 13.4. The molecule has 0 saturated carbocycles. The highest BCUT2D eigenvalue weighted by Crippen LogP contribution is 2.31. The van der Waals surface area contributed by atoms with Crippen molar-refractivity contribution in [3.8, 4) is 0 Å². The minimum Gasteiger partial charge on any atom is -0.481 e. The fourth-order valence-electron chi connectivity index (χ4n) is 1.71. The number of aryl methyl sites for hydroxylation is 1. The summed E-state index contributed by atoms with van der Waals surface area (Å²) in [5, 5.41) is 12.6. The van der Waals surface area contributed by atoms with Crippen molar-refractivity contribution in [3.63, 3.8) is 0 Å². The van der Waals surface area contributed by atoms with E-state index < -0.39 is 24.0 Å². The minimum atomic E-state index is -2.75. The summed E-state index contributed by atoms with van der Waals surface area (Å²) < 4.78 is 26.5. The molecule has 1 unspecified atom stereocenters. The molecule has 0 radical (unpaired) electrons. The second kappa shape index (κ2) is 4.59. The molecule has 0 aliphatic carbocycles. The van der Waals surface area contributed by atoms with Crippen LogP contribution in [0.3, 0.4) is 0 Å².